The molecule has 3 aliphatic carbocycles. The lowest BCUT2D eigenvalue weighted by Crippen LogP contribution is -2.65. The molecule has 0 radical (unpaired) electrons. The summed E-state index contributed by atoms with van der Waals surface area (Å²) in [5.74, 6) is -6.65. The molecule has 4 aliphatic rings. The van der Waals surface area contributed by atoms with Gasteiger partial charge in [0.05, 0.1) is 11.6 Å². The van der Waals surface area contributed by atoms with Crippen molar-refractivity contribution in [2.75, 3.05) is 66.3 Å². The molecule has 2 fully saturated rings. The van der Waals surface area contributed by atoms with Crippen molar-refractivity contribution >= 4 is 28.9 Å². The number of benzene rings is 2. The molecule has 2 aromatic rings. The number of rotatable bonds is 6. The van der Waals surface area contributed by atoms with Gasteiger partial charge in [-0.2, -0.15) is 0 Å². The summed E-state index contributed by atoms with van der Waals surface area (Å²) in [5.41, 5.74) is 5.47. The second kappa shape index (κ2) is 11.8. The molecule has 6 N–H and O–H groups in total. The number of amides is 1. The first-order valence-corrected chi connectivity index (χ1v) is 15.9. The number of phenolic OH excluding ortho intramolecular Hbond substituents is 1. The Labute approximate surface area is 274 Å². The molecular weight excluding hydrogens is 602 g/mol. The van der Waals surface area contributed by atoms with Crippen molar-refractivity contribution in [1.82, 2.24) is 14.7 Å². The van der Waals surface area contributed by atoms with Crippen molar-refractivity contribution < 1.29 is 34.8 Å². The van der Waals surface area contributed by atoms with Crippen LogP contribution in [0.2, 0.25) is 0 Å². The molecular formula is C35H43N5O7. The molecule has 1 aliphatic heterocycles. The van der Waals surface area contributed by atoms with Crippen LogP contribution in [0.3, 0.4) is 0 Å². The van der Waals surface area contributed by atoms with Gasteiger partial charge in [0.2, 0.25) is 5.78 Å². The van der Waals surface area contributed by atoms with Crippen molar-refractivity contribution in [3.8, 4) is 16.9 Å². The number of aliphatic hydroxyl groups excluding tert-OH is 2. The number of primary amides is 1. The van der Waals surface area contributed by atoms with Crippen LogP contribution in [0.25, 0.3) is 16.9 Å². The number of aliphatic hydroxyl groups is 3. The molecule has 1 saturated heterocycles. The maximum atomic E-state index is 14.3. The molecule has 1 heterocycles. The van der Waals surface area contributed by atoms with Crippen molar-refractivity contribution in [2.24, 2.45) is 17.6 Å². The quantitative estimate of drug-likeness (QED) is 0.288. The van der Waals surface area contributed by atoms with Crippen molar-refractivity contribution in [1.29, 1.82) is 0 Å². The number of nitrogens with zero attached hydrogens (tertiary/aromatic N) is 4. The molecule has 47 heavy (non-hydrogen) atoms. The molecule has 250 valence electrons. The summed E-state index contributed by atoms with van der Waals surface area (Å²) in [6.45, 7) is 4.64. The van der Waals surface area contributed by atoms with Gasteiger partial charge in [-0.15, -0.1) is 0 Å². The first-order valence-electron chi connectivity index (χ1n) is 15.9. The average molecular weight is 646 g/mol. The van der Waals surface area contributed by atoms with Gasteiger partial charge in [-0.3, -0.25) is 24.2 Å². The van der Waals surface area contributed by atoms with Crippen LogP contribution in [0.1, 0.15) is 23.1 Å². The molecule has 0 spiro atoms. The Bertz CT molecular complexity index is 1740. The number of phenols is 1. The van der Waals surface area contributed by atoms with E-state index in [-0.39, 0.29) is 29.7 Å². The maximum absolute atomic E-state index is 14.3. The van der Waals surface area contributed by atoms with Gasteiger partial charge in [-0.05, 0) is 68.7 Å². The molecule has 12 nitrogen and oxygen atoms in total. The summed E-state index contributed by atoms with van der Waals surface area (Å²) in [4.78, 5) is 48.0. The van der Waals surface area contributed by atoms with E-state index in [2.05, 4.69) is 16.8 Å². The van der Waals surface area contributed by atoms with E-state index in [1.54, 1.807) is 14.1 Å². The monoisotopic (exact) mass is 645 g/mol. The van der Waals surface area contributed by atoms with Gasteiger partial charge in [-0.25, -0.2) is 0 Å². The van der Waals surface area contributed by atoms with Gasteiger partial charge < -0.3 is 36.0 Å². The van der Waals surface area contributed by atoms with Crippen LogP contribution in [-0.2, 0) is 27.3 Å². The van der Waals surface area contributed by atoms with Gasteiger partial charge in [0.1, 0.15) is 22.8 Å². The van der Waals surface area contributed by atoms with Crippen molar-refractivity contribution in [3.05, 3.63) is 63.9 Å². The number of likely N-dealkylation sites (N-methyl/N-ethyl adjacent to an activating group) is 2. The molecule has 4 atom stereocenters. The van der Waals surface area contributed by atoms with E-state index in [9.17, 15) is 34.8 Å². The molecule has 0 bridgehead atoms. The van der Waals surface area contributed by atoms with E-state index in [4.69, 9.17) is 5.73 Å². The van der Waals surface area contributed by atoms with Crippen LogP contribution in [0.5, 0.6) is 5.75 Å². The zero-order chi connectivity index (χ0) is 34.1. The van der Waals surface area contributed by atoms with Crippen LogP contribution in [0.4, 0.5) is 5.69 Å². The van der Waals surface area contributed by atoms with Crippen LogP contribution in [0, 0.1) is 11.8 Å². The lowest BCUT2D eigenvalue weighted by atomic mass is 9.57. The van der Waals surface area contributed by atoms with Gasteiger partial charge in [0.25, 0.3) is 5.91 Å². The SMILES string of the molecule is CN1CCN(Cc2cccc(-c3cc(N(C)C)c4c(c3O)C(O)=C3C(=O)[C@]5(O)C(O)=C(C(N)=O)C(=O)[C@@H](N(C)C)C5C[C@@H]3C4)c2)CC1. The zero-order valence-corrected chi connectivity index (χ0v) is 27.4. The topological polar surface area (TPSA) is 171 Å². The predicted octanol–water partition coefficient (Wildman–Crippen LogP) is 1.44. The van der Waals surface area contributed by atoms with E-state index in [1.165, 1.54) is 4.90 Å². The number of nitrogens with two attached hydrogens (primary N) is 1. The number of aromatic hydroxyl groups is 1. The van der Waals surface area contributed by atoms with E-state index in [1.807, 2.05) is 49.3 Å². The summed E-state index contributed by atoms with van der Waals surface area (Å²) >= 11 is 0. The van der Waals surface area contributed by atoms with Crippen molar-refractivity contribution in [3.63, 3.8) is 0 Å². The summed E-state index contributed by atoms with van der Waals surface area (Å²) in [7, 11) is 8.99. The molecule has 1 amide bonds. The van der Waals surface area contributed by atoms with E-state index in [0.29, 0.717) is 11.1 Å². The Hall–Kier alpha value is -4.23. The fourth-order valence-corrected chi connectivity index (χ4v) is 8.01. The third-order valence-corrected chi connectivity index (χ3v) is 10.4. The van der Waals surface area contributed by atoms with Crippen LogP contribution in [0.15, 0.2) is 47.2 Å². The van der Waals surface area contributed by atoms with Crippen molar-refractivity contribution in [2.45, 2.75) is 31.0 Å². The van der Waals surface area contributed by atoms with Gasteiger partial charge in [0, 0.05) is 69.6 Å². The van der Waals surface area contributed by atoms with E-state index < -0.39 is 58.0 Å². The normalized spacial score (nSPS) is 26.7. The number of hydrogen-bond acceptors (Lipinski definition) is 11. The minimum Gasteiger partial charge on any atom is -0.508 e. The van der Waals surface area contributed by atoms with Crippen LogP contribution < -0.4 is 10.6 Å². The zero-order valence-electron chi connectivity index (χ0n) is 27.4. The first kappa shape index (κ1) is 32.7. The van der Waals surface area contributed by atoms with Gasteiger partial charge in [0.15, 0.2) is 11.4 Å². The molecule has 6 rings (SSSR count). The highest BCUT2D eigenvalue weighted by Gasteiger charge is 2.64. The van der Waals surface area contributed by atoms with Gasteiger partial charge >= 0.3 is 0 Å². The predicted molar refractivity (Wildman–Crippen MR) is 177 cm³/mol. The third kappa shape index (κ3) is 5.10. The first-order chi connectivity index (χ1) is 22.2. The minimum absolute atomic E-state index is 0.0372. The highest BCUT2D eigenvalue weighted by Crippen LogP contribution is 2.55. The Morgan fingerprint density at radius 2 is 1.72 bits per heavy atom. The standard InChI is InChI=1S/C35H43N5O7/c1-37(2)24-16-21(19-8-6-7-18(13-19)17-40-11-9-39(5)10-12-40)29(41)26-22(24)14-20-15-23-28(38(3)4)31(43)27(34(36)46)33(45)35(23,47)32(44)25(20)30(26)42/h6-8,13,16,20,23,28,41-42,45,47H,9-12,14-15,17H2,1-5H3,(H2,36,46)/t20-,23?,28-,35-/m0/s1. The summed E-state index contributed by atoms with van der Waals surface area (Å²) in [5, 5.41) is 46.8. The second-order valence-corrected chi connectivity index (χ2v) is 13.8. The number of carbonyl (C=O) groups excluding carboxylic acids is 3. The number of fused-ring (bicyclic) bond motifs is 3. The average Bonchev–Trinajstić information content (AvgIpc) is 3.00. The third-order valence-electron chi connectivity index (χ3n) is 10.4. The fraction of sp³-hybridized carbons (Fsp3) is 0.457. The van der Waals surface area contributed by atoms with Crippen LogP contribution in [-0.4, -0.2) is 126 Å². The Kier molecular flexibility index (Phi) is 8.20. The molecule has 0 aromatic heterocycles. The Morgan fingerprint density at radius 3 is 2.34 bits per heavy atom. The highest BCUT2D eigenvalue weighted by molar-refractivity contribution is 6.24. The molecule has 1 unspecified atom stereocenters. The van der Waals surface area contributed by atoms with E-state index in [0.717, 1.165) is 49.5 Å². The maximum Gasteiger partial charge on any atom is 0.255 e. The number of hydrogen-bond donors (Lipinski definition) is 5. The molecule has 2 aromatic carbocycles. The summed E-state index contributed by atoms with van der Waals surface area (Å²) < 4.78 is 0. The number of carbonyl (C=O) groups is 3. The number of anilines is 1. The minimum atomic E-state index is -2.68. The smallest absolute Gasteiger partial charge is 0.255 e. The van der Waals surface area contributed by atoms with E-state index >= 15 is 0 Å². The largest absolute Gasteiger partial charge is 0.508 e. The van der Waals surface area contributed by atoms with Gasteiger partial charge in [-0.1, -0.05) is 18.2 Å². The lowest BCUT2D eigenvalue weighted by molar-refractivity contribution is -0.153. The fourth-order valence-electron chi connectivity index (χ4n) is 8.01. The van der Waals surface area contributed by atoms with Crippen LogP contribution >= 0.6 is 0 Å². The molecule has 1 saturated carbocycles. The lowest BCUT2D eigenvalue weighted by Gasteiger charge is -2.50. The summed E-state index contributed by atoms with van der Waals surface area (Å²) in [6, 6.07) is 8.63. The Balaban J connectivity index is 1.48. The number of Topliss-reactive ketones (excluding diaryl/α,β-unsaturated/α-hetero) is 2. The second-order valence-electron chi connectivity index (χ2n) is 13.8. The highest BCUT2D eigenvalue weighted by atomic mass is 16.3. The number of piperazine rings is 1. The summed E-state index contributed by atoms with van der Waals surface area (Å²) in [6.07, 6.45) is 0.259. The molecule has 12 heteroatoms. The Morgan fingerprint density at radius 1 is 1.04 bits per heavy atom. The number of ketones is 2.